The highest BCUT2D eigenvalue weighted by molar-refractivity contribution is 5.46. The maximum atomic E-state index is 5.46. The molecule has 56 valence electrons. The van der Waals surface area contributed by atoms with Gasteiger partial charge in [-0.05, 0) is 17.7 Å². The van der Waals surface area contributed by atoms with Gasteiger partial charge in [0.25, 0.3) is 0 Å². The van der Waals surface area contributed by atoms with Crippen LogP contribution in [0.5, 0.6) is 0 Å². The van der Waals surface area contributed by atoms with E-state index in [2.05, 4.69) is 24.4 Å². The SMILES string of the molecule is CCNCC1=CC=C1CN. The summed E-state index contributed by atoms with van der Waals surface area (Å²) in [6.07, 6.45) is 4.19. The smallest absolute Gasteiger partial charge is 0.0208 e. The Kier molecular flexibility index (Phi) is 2.66. The van der Waals surface area contributed by atoms with Gasteiger partial charge in [0.1, 0.15) is 0 Å². The van der Waals surface area contributed by atoms with E-state index in [1.807, 2.05) is 0 Å². The monoisotopic (exact) mass is 138 g/mol. The second-order valence-corrected chi connectivity index (χ2v) is 2.37. The van der Waals surface area contributed by atoms with Crippen LogP contribution in [0.1, 0.15) is 6.92 Å². The number of nitrogens with two attached hydrogens (primary N) is 1. The van der Waals surface area contributed by atoms with Crippen molar-refractivity contribution in [2.75, 3.05) is 19.6 Å². The third kappa shape index (κ3) is 1.46. The van der Waals surface area contributed by atoms with Gasteiger partial charge in [0.05, 0.1) is 0 Å². The highest BCUT2D eigenvalue weighted by atomic mass is 14.8. The van der Waals surface area contributed by atoms with Crippen molar-refractivity contribution in [3.05, 3.63) is 23.3 Å². The van der Waals surface area contributed by atoms with Crippen LogP contribution in [0.3, 0.4) is 0 Å². The third-order valence-electron chi connectivity index (χ3n) is 1.68. The normalized spacial score (nSPS) is 15.8. The Bertz CT molecular complexity index is 168. The van der Waals surface area contributed by atoms with Crippen molar-refractivity contribution in [1.29, 1.82) is 0 Å². The van der Waals surface area contributed by atoms with Gasteiger partial charge in [-0.1, -0.05) is 19.1 Å². The molecule has 0 bridgehead atoms. The maximum absolute atomic E-state index is 5.46. The lowest BCUT2D eigenvalue weighted by atomic mass is 9.97. The average Bonchev–Trinajstić information content (AvgIpc) is 1.88. The van der Waals surface area contributed by atoms with Crippen LogP contribution >= 0.6 is 0 Å². The van der Waals surface area contributed by atoms with Crippen molar-refractivity contribution in [2.24, 2.45) is 5.73 Å². The maximum Gasteiger partial charge on any atom is 0.0208 e. The minimum Gasteiger partial charge on any atom is -0.326 e. The Hall–Kier alpha value is -0.600. The molecule has 0 aliphatic heterocycles. The van der Waals surface area contributed by atoms with Crippen molar-refractivity contribution in [1.82, 2.24) is 5.32 Å². The first-order valence-electron chi connectivity index (χ1n) is 3.69. The molecule has 0 unspecified atom stereocenters. The third-order valence-corrected chi connectivity index (χ3v) is 1.68. The van der Waals surface area contributed by atoms with Gasteiger partial charge in [0.15, 0.2) is 0 Å². The molecular weight excluding hydrogens is 124 g/mol. The predicted molar refractivity (Wildman–Crippen MR) is 43.8 cm³/mol. The molecule has 0 saturated carbocycles. The van der Waals surface area contributed by atoms with Crippen LogP contribution in [0.2, 0.25) is 0 Å². The van der Waals surface area contributed by atoms with Crippen LogP contribution in [-0.4, -0.2) is 19.6 Å². The highest BCUT2D eigenvalue weighted by Gasteiger charge is 2.07. The number of rotatable bonds is 4. The second kappa shape index (κ2) is 3.54. The van der Waals surface area contributed by atoms with Gasteiger partial charge in [-0.3, -0.25) is 0 Å². The van der Waals surface area contributed by atoms with Crippen molar-refractivity contribution >= 4 is 0 Å². The van der Waals surface area contributed by atoms with Gasteiger partial charge in [-0.15, -0.1) is 0 Å². The van der Waals surface area contributed by atoms with Crippen LogP contribution in [0.25, 0.3) is 0 Å². The summed E-state index contributed by atoms with van der Waals surface area (Å²) in [5.74, 6) is 0. The fourth-order valence-electron chi connectivity index (χ4n) is 0.950. The van der Waals surface area contributed by atoms with E-state index in [4.69, 9.17) is 5.73 Å². The fraction of sp³-hybridized carbons (Fsp3) is 0.500. The minimum atomic E-state index is 0.678. The molecule has 0 saturated heterocycles. The molecule has 0 heterocycles. The zero-order valence-electron chi connectivity index (χ0n) is 6.35. The minimum absolute atomic E-state index is 0.678. The lowest BCUT2D eigenvalue weighted by Gasteiger charge is -2.16. The lowest BCUT2D eigenvalue weighted by molar-refractivity contribution is 0.772. The van der Waals surface area contributed by atoms with Crippen LogP contribution in [0, 0.1) is 0 Å². The van der Waals surface area contributed by atoms with E-state index in [1.54, 1.807) is 0 Å². The van der Waals surface area contributed by atoms with E-state index in [1.165, 1.54) is 11.1 Å². The second-order valence-electron chi connectivity index (χ2n) is 2.37. The molecular formula is C8H14N2. The summed E-state index contributed by atoms with van der Waals surface area (Å²) in [7, 11) is 0. The molecule has 0 spiro atoms. The molecule has 1 aliphatic carbocycles. The number of hydrogen-bond donors (Lipinski definition) is 2. The van der Waals surface area contributed by atoms with Crippen molar-refractivity contribution in [2.45, 2.75) is 6.92 Å². The molecule has 0 fully saturated rings. The van der Waals surface area contributed by atoms with E-state index < -0.39 is 0 Å². The van der Waals surface area contributed by atoms with E-state index in [0.29, 0.717) is 6.54 Å². The topological polar surface area (TPSA) is 38.0 Å². The zero-order valence-corrected chi connectivity index (χ0v) is 6.35. The molecule has 2 nitrogen and oxygen atoms in total. The summed E-state index contributed by atoms with van der Waals surface area (Å²) in [4.78, 5) is 0. The van der Waals surface area contributed by atoms with Crippen LogP contribution < -0.4 is 11.1 Å². The number of likely N-dealkylation sites (N-methyl/N-ethyl adjacent to an activating group) is 1. The largest absolute Gasteiger partial charge is 0.326 e. The zero-order chi connectivity index (χ0) is 7.40. The molecule has 2 heteroatoms. The Balaban J connectivity index is 2.19. The molecule has 1 aliphatic rings. The summed E-state index contributed by atoms with van der Waals surface area (Å²) < 4.78 is 0. The molecule has 0 atom stereocenters. The predicted octanol–water partition coefficient (Wildman–Crippen LogP) is 0.421. The highest BCUT2D eigenvalue weighted by Crippen LogP contribution is 2.16. The molecule has 3 N–H and O–H groups in total. The molecule has 0 aromatic carbocycles. The first-order chi connectivity index (χ1) is 4.88. The molecule has 0 aromatic rings. The van der Waals surface area contributed by atoms with E-state index in [0.717, 1.165) is 13.1 Å². The first-order valence-corrected chi connectivity index (χ1v) is 3.69. The molecule has 0 aromatic heterocycles. The van der Waals surface area contributed by atoms with Crippen LogP contribution in [0.15, 0.2) is 23.3 Å². The van der Waals surface area contributed by atoms with Gasteiger partial charge in [-0.25, -0.2) is 0 Å². The number of hydrogen-bond acceptors (Lipinski definition) is 2. The first kappa shape index (κ1) is 7.51. The van der Waals surface area contributed by atoms with Crippen molar-refractivity contribution in [3.8, 4) is 0 Å². The quantitative estimate of drug-likeness (QED) is 0.591. The Morgan fingerprint density at radius 1 is 1.40 bits per heavy atom. The fourth-order valence-corrected chi connectivity index (χ4v) is 0.950. The molecule has 1 rings (SSSR count). The van der Waals surface area contributed by atoms with E-state index in [-0.39, 0.29) is 0 Å². The summed E-state index contributed by atoms with van der Waals surface area (Å²) in [5, 5.41) is 3.25. The van der Waals surface area contributed by atoms with Gasteiger partial charge in [0.2, 0.25) is 0 Å². The Labute approximate surface area is 61.8 Å². The van der Waals surface area contributed by atoms with Crippen molar-refractivity contribution in [3.63, 3.8) is 0 Å². The summed E-state index contributed by atoms with van der Waals surface area (Å²) in [6, 6.07) is 0. The molecule has 0 radical (unpaired) electrons. The van der Waals surface area contributed by atoms with E-state index in [9.17, 15) is 0 Å². The van der Waals surface area contributed by atoms with Gasteiger partial charge in [0, 0.05) is 13.1 Å². The summed E-state index contributed by atoms with van der Waals surface area (Å²) >= 11 is 0. The molecule has 10 heavy (non-hydrogen) atoms. The lowest BCUT2D eigenvalue weighted by Crippen LogP contribution is -2.22. The average molecular weight is 138 g/mol. The van der Waals surface area contributed by atoms with Crippen LogP contribution in [-0.2, 0) is 0 Å². The summed E-state index contributed by atoms with van der Waals surface area (Å²) in [5.41, 5.74) is 8.12. The van der Waals surface area contributed by atoms with Gasteiger partial charge >= 0.3 is 0 Å². The van der Waals surface area contributed by atoms with Crippen molar-refractivity contribution < 1.29 is 0 Å². The van der Waals surface area contributed by atoms with Crippen LogP contribution in [0.4, 0.5) is 0 Å². The van der Waals surface area contributed by atoms with Gasteiger partial charge in [-0.2, -0.15) is 0 Å². The standard InChI is InChI=1S/C8H14N2/c1-2-10-6-8-4-3-7(8)5-9/h3-4,10H,2,5-6,9H2,1H3. The number of allylic oxidation sites excluding steroid dienone is 2. The molecule has 0 amide bonds. The summed E-state index contributed by atoms with van der Waals surface area (Å²) in [6.45, 7) is 4.77. The Morgan fingerprint density at radius 2 is 2.10 bits per heavy atom. The van der Waals surface area contributed by atoms with Gasteiger partial charge < -0.3 is 11.1 Å². The van der Waals surface area contributed by atoms with E-state index >= 15 is 0 Å². The Morgan fingerprint density at radius 3 is 2.50 bits per heavy atom. The number of nitrogens with one attached hydrogen (secondary N) is 1.